The summed E-state index contributed by atoms with van der Waals surface area (Å²) in [6.45, 7) is 0. The van der Waals surface area contributed by atoms with Gasteiger partial charge in [-0.3, -0.25) is 0 Å². The summed E-state index contributed by atoms with van der Waals surface area (Å²) < 4.78 is 47.0. The van der Waals surface area contributed by atoms with Gasteiger partial charge in [-0.05, 0) is 56.2 Å². The molecule has 2 aliphatic carbocycles. The topological polar surface area (TPSA) is 44.5 Å². The zero-order valence-corrected chi connectivity index (χ0v) is 14.3. The lowest BCUT2D eigenvalue weighted by atomic mass is 9.79. The summed E-state index contributed by atoms with van der Waals surface area (Å²) >= 11 is 0. The van der Waals surface area contributed by atoms with Gasteiger partial charge in [-0.2, -0.15) is 0 Å². The average Bonchev–Trinajstić information content (AvgIpc) is 3.04. The number of hydrogen-bond donors (Lipinski definition) is 1. The van der Waals surface area contributed by atoms with Gasteiger partial charge in [-0.15, -0.1) is 13.2 Å². The molecule has 0 heterocycles. The molecule has 25 heavy (non-hydrogen) atoms. The van der Waals surface area contributed by atoms with Crippen LogP contribution < -0.4 is 10.5 Å². The summed E-state index contributed by atoms with van der Waals surface area (Å²) in [5.74, 6) is 0.0201. The van der Waals surface area contributed by atoms with E-state index in [0.717, 1.165) is 44.1 Å². The van der Waals surface area contributed by atoms with E-state index in [1.165, 1.54) is 25.0 Å². The maximum absolute atomic E-state index is 12.3. The summed E-state index contributed by atoms with van der Waals surface area (Å²) in [6, 6.07) is 6.18. The fourth-order valence-electron chi connectivity index (χ4n) is 4.08. The highest BCUT2D eigenvalue weighted by Gasteiger charge is 2.34. The van der Waals surface area contributed by atoms with Gasteiger partial charge in [0, 0.05) is 12.0 Å². The number of hydrogen-bond acceptors (Lipinski definition) is 3. The van der Waals surface area contributed by atoms with Crippen molar-refractivity contribution in [2.75, 3.05) is 0 Å². The van der Waals surface area contributed by atoms with E-state index in [1.807, 2.05) is 0 Å². The molecule has 0 aromatic heterocycles. The monoisotopic (exact) mass is 357 g/mol. The van der Waals surface area contributed by atoms with Crippen molar-refractivity contribution in [3.05, 3.63) is 29.8 Å². The van der Waals surface area contributed by atoms with Gasteiger partial charge in [0.1, 0.15) is 5.75 Å². The van der Waals surface area contributed by atoms with Crippen LogP contribution in [-0.4, -0.2) is 24.6 Å². The summed E-state index contributed by atoms with van der Waals surface area (Å²) in [4.78, 5) is 0. The number of benzene rings is 1. The molecule has 3 atom stereocenters. The smallest absolute Gasteiger partial charge is 0.406 e. The van der Waals surface area contributed by atoms with Crippen molar-refractivity contribution < 1.29 is 22.6 Å². The van der Waals surface area contributed by atoms with Gasteiger partial charge in [-0.25, -0.2) is 0 Å². The van der Waals surface area contributed by atoms with Crippen molar-refractivity contribution in [1.82, 2.24) is 0 Å². The molecule has 0 bridgehead atoms. The molecule has 1 aromatic rings. The predicted octanol–water partition coefficient (Wildman–Crippen LogP) is 4.58. The highest BCUT2D eigenvalue weighted by molar-refractivity contribution is 5.28. The summed E-state index contributed by atoms with van der Waals surface area (Å²) in [7, 11) is 0. The van der Waals surface area contributed by atoms with Crippen LogP contribution in [0.2, 0.25) is 0 Å². The molecule has 1 aromatic carbocycles. The molecule has 6 heteroatoms. The lowest BCUT2D eigenvalue weighted by Crippen LogP contribution is -2.45. The van der Waals surface area contributed by atoms with Crippen LogP contribution in [0.25, 0.3) is 0 Å². The lowest BCUT2D eigenvalue weighted by molar-refractivity contribution is -0.274. The Morgan fingerprint density at radius 3 is 2.28 bits per heavy atom. The van der Waals surface area contributed by atoms with E-state index >= 15 is 0 Å². The van der Waals surface area contributed by atoms with Gasteiger partial charge >= 0.3 is 6.36 Å². The Hall–Kier alpha value is -1.27. The second-order valence-corrected chi connectivity index (χ2v) is 7.24. The van der Waals surface area contributed by atoms with E-state index in [1.54, 1.807) is 12.1 Å². The zero-order valence-electron chi connectivity index (χ0n) is 14.3. The second-order valence-electron chi connectivity index (χ2n) is 7.24. The fourth-order valence-corrected chi connectivity index (χ4v) is 4.08. The maximum Gasteiger partial charge on any atom is 0.573 e. The third-order valence-corrected chi connectivity index (χ3v) is 5.35. The van der Waals surface area contributed by atoms with E-state index in [-0.39, 0.29) is 23.8 Å². The molecule has 3 rings (SSSR count). The normalized spacial score (nSPS) is 28.2. The maximum atomic E-state index is 12.3. The van der Waals surface area contributed by atoms with E-state index in [4.69, 9.17) is 10.5 Å². The van der Waals surface area contributed by atoms with Crippen molar-refractivity contribution in [3.8, 4) is 5.75 Å². The molecule has 0 radical (unpaired) electrons. The Morgan fingerprint density at radius 2 is 1.64 bits per heavy atom. The van der Waals surface area contributed by atoms with Crippen LogP contribution in [0.15, 0.2) is 24.3 Å². The molecule has 2 saturated carbocycles. The predicted molar refractivity (Wildman–Crippen MR) is 89.3 cm³/mol. The molecule has 0 aliphatic heterocycles. The van der Waals surface area contributed by atoms with Crippen LogP contribution in [0.3, 0.4) is 0 Å². The number of rotatable bonds is 5. The minimum atomic E-state index is -4.66. The Labute approximate surface area is 146 Å². The van der Waals surface area contributed by atoms with E-state index in [0.29, 0.717) is 6.10 Å². The number of alkyl halides is 3. The molecule has 0 spiro atoms. The molecule has 0 amide bonds. The van der Waals surface area contributed by atoms with Crippen molar-refractivity contribution in [2.24, 2.45) is 11.7 Å². The SMILES string of the molecule is NC1CCCC(OC2CCCC2)C1Cc1ccc(OC(F)(F)F)cc1. The van der Waals surface area contributed by atoms with Crippen molar-refractivity contribution in [1.29, 1.82) is 0 Å². The first-order valence-corrected chi connectivity index (χ1v) is 9.16. The fraction of sp³-hybridized carbons (Fsp3) is 0.684. The van der Waals surface area contributed by atoms with Crippen LogP contribution in [0.5, 0.6) is 5.75 Å². The number of ether oxygens (including phenoxy) is 2. The quantitative estimate of drug-likeness (QED) is 0.839. The Bertz CT molecular complexity index is 541. The average molecular weight is 357 g/mol. The molecule has 0 saturated heterocycles. The molecule has 3 unspecified atom stereocenters. The lowest BCUT2D eigenvalue weighted by Gasteiger charge is -2.38. The van der Waals surface area contributed by atoms with E-state index in [9.17, 15) is 13.2 Å². The molecular weight excluding hydrogens is 331 g/mol. The molecule has 140 valence electrons. The third-order valence-electron chi connectivity index (χ3n) is 5.35. The molecule has 2 fully saturated rings. The molecule has 2 aliphatic rings. The second kappa shape index (κ2) is 7.96. The third kappa shape index (κ3) is 5.35. The van der Waals surface area contributed by atoms with Gasteiger partial charge in [0.25, 0.3) is 0 Å². The highest BCUT2D eigenvalue weighted by Crippen LogP contribution is 2.33. The van der Waals surface area contributed by atoms with Gasteiger partial charge in [0.2, 0.25) is 0 Å². The minimum Gasteiger partial charge on any atom is -0.406 e. The molecular formula is C19H26F3NO2. The van der Waals surface area contributed by atoms with Crippen molar-refractivity contribution in [2.45, 2.75) is 76.0 Å². The standard InChI is InChI=1S/C19H26F3NO2/c20-19(21,22)25-15-10-8-13(9-11-15)12-16-17(23)6-3-7-18(16)24-14-4-1-2-5-14/h8-11,14,16-18H,1-7,12,23H2. The number of nitrogens with two attached hydrogens (primary N) is 1. The number of halogens is 3. The Kier molecular flexibility index (Phi) is 5.89. The van der Waals surface area contributed by atoms with Gasteiger partial charge < -0.3 is 15.2 Å². The van der Waals surface area contributed by atoms with Crippen molar-refractivity contribution >= 4 is 0 Å². The first-order chi connectivity index (χ1) is 11.9. The van der Waals surface area contributed by atoms with Crippen molar-refractivity contribution in [3.63, 3.8) is 0 Å². The minimum absolute atomic E-state index is 0.0752. The van der Waals surface area contributed by atoms with Gasteiger partial charge in [-0.1, -0.05) is 25.0 Å². The summed E-state index contributed by atoms with van der Waals surface area (Å²) in [5, 5.41) is 0. The van der Waals surface area contributed by atoms with Crippen LogP contribution in [0, 0.1) is 5.92 Å². The zero-order chi connectivity index (χ0) is 17.9. The summed E-state index contributed by atoms with van der Waals surface area (Å²) in [6.07, 6.45) is 4.35. The largest absolute Gasteiger partial charge is 0.573 e. The van der Waals surface area contributed by atoms with E-state index < -0.39 is 6.36 Å². The van der Waals surface area contributed by atoms with Crippen LogP contribution in [0.4, 0.5) is 13.2 Å². The van der Waals surface area contributed by atoms with Crippen LogP contribution in [0.1, 0.15) is 50.5 Å². The molecule has 3 nitrogen and oxygen atoms in total. The van der Waals surface area contributed by atoms with E-state index in [2.05, 4.69) is 4.74 Å². The highest BCUT2D eigenvalue weighted by atomic mass is 19.4. The van der Waals surface area contributed by atoms with Gasteiger partial charge in [0.15, 0.2) is 0 Å². The Balaban J connectivity index is 1.63. The first kappa shape index (κ1) is 18.5. The van der Waals surface area contributed by atoms with Crippen LogP contribution in [-0.2, 0) is 11.2 Å². The summed E-state index contributed by atoms with van der Waals surface area (Å²) in [5.41, 5.74) is 7.32. The van der Waals surface area contributed by atoms with Gasteiger partial charge in [0.05, 0.1) is 12.2 Å². The van der Waals surface area contributed by atoms with Crippen LogP contribution >= 0.6 is 0 Å². The molecule has 2 N–H and O–H groups in total. The Morgan fingerprint density at radius 1 is 0.960 bits per heavy atom. The first-order valence-electron chi connectivity index (χ1n) is 9.16.